The van der Waals surface area contributed by atoms with Gasteiger partial charge in [0, 0.05) is 37.3 Å². The number of amides is 1. The highest BCUT2D eigenvalue weighted by Gasteiger charge is 2.33. The summed E-state index contributed by atoms with van der Waals surface area (Å²) in [6.45, 7) is 0.694. The van der Waals surface area contributed by atoms with E-state index in [1.807, 2.05) is 41.3 Å². The molecule has 1 saturated carbocycles. The zero-order valence-corrected chi connectivity index (χ0v) is 18.2. The summed E-state index contributed by atoms with van der Waals surface area (Å²) in [5.74, 6) is -1.71. The van der Waals surface area contributed by atoms with E-state index in [-0.39, 0.29) is 25.3 Å². The van der Waals surface area contributed by atoms with E-state index in [4.69, 9.17) is 4.98 Å². The minimum Gasteiger partial charge on any atom is -0.356 e. The number of carbonyl (C=O) groups is 1. The van der Waals surface area contributed by atoms with Gasteiger partial charge in [-0.15, -0.1) is 0 Å². The number of nitrogens with one attached hydrogen (secondary N) is 1. The Morgan fingerprint density at radius 3 is 2.57 bits per heavy atom. The van der Waals surface area contributed by atoms with Gasteiger partial charge < -0.3 is 10.2 Å². The zero-order valence-electron chi connectivity index (χ0n) is 17.3. The molecule has 0 bridgehead atoms. The minimum absolute atomic E-state index is 0.114. The Morgan fingerprint density at radius 1 is 1.13 bits per heavy atom. The number of alkyl halides is 2. The van der Waals surface area contributed by atoms with Gasteiger partial charge in [0.05, 0.1) is 5.56 Å². The van der Waals surface area contributed by atoms with Gasteiger partial charge in [-0.05, 0) is 62.1 Å². The predicted octanol–water partition coefficient (Wildman–Crippen LogP) is 5.46. The number of carbonyl (C=O) groups excluding carboxylic acids is 1. The third-order valence-corrected chi connectivity index (χ3v) is 5.42. The van der Waals surface area contributed by atoms with Crippen molar-refractivity contribution in [1.82, 2.24) is 4.98 Å². The number of anilines is 2. The quantitative estimate of drug-likeness (QED) is 0.616. The Kier molecular flexibility index (Phi) is 7.69. The Balaban J connectivity index is 0.00000124. The molecule has 1 amide bonds. The highest BCUT2D eigenvalue weighted by molar-refractivity contribution is 7.79. The van der Waals surface area contributed by atoms with E-state index in [0.29, 0.717) is 36.0 Å². The Hall–Kier alpha value is -2.15. The fourth-order valence-electron chi connectivity index (χ4n) is 3.63. The maximum absolute atomic E-state index is 13.8. The van der Waals surface area contributed by atoms with Crippen LogP contribution < -0.4 is 10.2 Å². The fourth-order valence-corrected chi connectivity index (χ4v) is 3.63. The van der Waals surface area contributed by atoms with Gasteiger partial charge in [0.15, 0.2) is 0 Å². The average molecular weight is 434 g/mol. The number of rotatable bonds is 5. The summed E-state index contributed by atoms with van der Waals surface area (Å²) in [6, 6.07) is 12.9. The van der Waals surface area contributed by atoms with E-state index in [0.717, 1.165) is 12.1 Å². The lowest BCUT2D eigenvalue weighted by Gasteiger charge is -2.24. The lowest BCUT2D eigenvalue weighted by molar-refractivity contribution is -0.0102. The number of hydrogen-bond donors (Lipinski definition) is 2. The van der Waals surface area contributed by atoms with Crippen molar-refractivity contribution in [1.29, 1.82) is 0 Å². The van der Waals surface area contributed by atoms with Crippen LogP contribution in [0.3, 0.4) is 0 Å². The highest BCUT2D eigenvalue weighted by atomic mass is 32.1. The number of pyridine rings is 1. The number of benzene rings is 1. The monoisotopic (exact) mass is 433 g/mol. The molecule has 0 unspecified atom stereocenters. The molecule has 30 heavy (non-hydrogen) atoms. The van der Waals surface area contributed by atoms with E-state index >= 15 is 0 Å². The van der Waals surface area contributed by atoms with Crippen LogP contribution in [0.25, 0.3) is 0 Å². The van der Waals surface area contributed by atoms with Crippen LogP contribution in [-0.2, 0) is 6.42 Å². The third-order valence-electron chi connectivity index (χ3n) is 5.42. The molecule has 4 rings (SSSR count). The summed E-state index contributed by atoms with van der Waals surface area (Å²) in [5, 5.41) is 2.89. The molecule has 162 valence electrons. The van der Waals surface area contributed by atoms with Crippen LogP contribution in [0, 0.1) is 5.92 Å². The van der Waals surface area contributed by atoms with E-state index in [1.54, 1.807) is 12.3 Å². The molecule has 0 radical (unpaired) electrons. The molecule has 7 heteroatoms. The number of aromatic nitrogens is 1. The normalized spacial score (nSPS) is 18.1. The molecule has 2 aliphatic rings. The summed E-state index contributed by atoms with van der Waals surface area (Å²) in [7, 11) is 0. The van der Waals surface area contributed by atoms with Gasteiger partial charge in [0.2, 0.25) is 5.92 Å². The fraction of sp³-hybridized carbons (Fsp3) is 0.478. The standard InChI is InChI=1S/C22H25F2N3O.CH4S/c23-22(24)11-4-13-27(14-12-22)20-19(10-9-18(25-20)15-16-7-8-16)21(28)26-17-5-2-1-3-6-17;1-2/h1-3,5-6,9-10,16H,4,7-8,11-15H2,(H,26,28);2H,1H3. The number of hydrogen-bond acceptors (Lipinski definition) is 4. The highest BCUT2D eigenvalue weighted by Crippen LogP contribution is 2.34. The Labute approximate surface area is 182 Å². The molecular weight excluding hydrogens is 404 g/mol. The number of nitrogens with zero attached hydrogens (tertiary/aromatic N) is 2. The van der Waals surface area contributed by atoms with Crippen LogP contribution in [0.15, 0.2) is 42.5 Å². The molecule has 1 aromatic heterocycles. The number of thiol groups is 1. The third kappa shape index (κ3) is 6.17. The SMILES string of the molecule is CS.O=C(Nc1ccccc1)c1ccc(CC2CC2)nc1N1CCCC(F)(F)CC1. The van der Waals surface area contributed by atoms with Gasteiger partial charge in [-0.3, -0.25) is 4.79 Å². The second-order valence-corrected chi connectivity index (χ2v) is 7.84. The first-order chi connectivity index (χ1) is 14.5. The lowest BCUT2D eigenvalue weighted by Crippen LogP contribution is -2.29. The van der Waals surface area contributed by atoms with E-state index in [9.17, 15) is 13.6 Å². The molecule has 1 saturated heterocycles. The molecule has 1 aromatic carbocycles. The summed E-state index contributed by atoms with van der Waals surface area (Å²) in [4.78, 5) is 19.5. The molecule has 0 atom stereocenters. The molecule has 2 fully saturated rings. The molecule has 0 spiro atoms. The Morgan fingerprint density at radius 2 is 1.87 bits per heavy atom. The molecule has 1 N–H and O–H groups in total. The number of halogens is 2. The molecule has 2 heterocycles. The van der Waals surface area contributed by atoms with Crippen molar-refractivity contribution >= 4 is 30.0 Å². The van der Waals surface area contributed by atoms with E-state index < -0.39 is 5.92 Å². The summed E-state index contributed by atoms with van der Waals surface area (Å²) >= 11 is 3.53. The summed E-state index contributed by atoms with van der Waals surface area (Å²) in [5.41, 5.74) is 2.07. The van der Waals surface area contributed by atoms with Crippen LogP contribution >= 0.6 is 12.6 Å². The van der Waals surface area contributed by atoms with Crippen molar-refractivity contribution in [2.24, 2.45) is 5.92 Å². The van der Waals surface area contributed by atoms with Crippen molar-refractivity contribution in [2.75, 3.05) is 29.6 Å². The smallest absolute Gasteiger partial charge is 0.259 e. The molecule has 4 nitrogen and oxygen atoms in total. The van der Waals surface area contributed by atoms with Gasteiger partial charge in [-0.25, -0.2) is 13.8 Å². The van der Waals surface area contributed by atoms with Crippen LogP contribution in [-0.4, -0.2) is 36.2 Å². The second kappa shape index (κ2) is 10.2. The largest absolute Gasteiger partial charge is 0.356 e. The van der Waals surface area contributed by atoms with E-state index in [2.05, 4.69) is 17.9 Å². The van der Waals surface area contributed by atoms with Crippen LogP contribution in [0.2, 0.25) is 0 Å². The average Bonchev–Trinajstić information content (AvgIpc) is 3.58. The van der Waals surface area contributed by atoms with Crippen molar-refractivity contribution in [3.63, 3.8) is 0 Å². The first-order valence-corrected chi connectivity index (χ1v) is 11.3. The van der Waals surface area contributed by atoms with Gasteiger partial charge in [-0.1, -0.05) is 18.2 Å². The van der Waals surface area contributed by atoms with E-state index in [1.165, 1.54) is 12.8 Å². The maximum Gasteiger partial charge on any atom is 0.259 e. The van der Waals surface area contributed by atoms with Gasteiger partial charge in [0.25, 0.3) is 5.91 Å². The number of para-hydroxylation sites is 1. The predicted molar refractivity (Wildman–Crippen MR) is 121 cm³/mol. The Bertz CT molecular complexity index is 844. The van der Waals surface area contributed by atoms with Gasteiger partial charge in [-0.2, -0.15) is 12.6 Å². The topological polar surface area (TPSA) is 45.2 Å². The first kappa shape index (κ1) is 22.5. The summed E-state index contributed by atoms with van der Waals surface area (Å²) in [6.07, 6.45) is 5.07. The van der Waals surface area contributed by atoms with Crippen molar-refractivity contribution in [2.45, 2.75) is 44.4 Å². The molecular formula is C23H29F2N3OS. The zero-order chi connectivity index (χ0) is 21.6. The van der Waals surface area contributed by atoms with Crippen molar-refractivity contribution < 1.29 is 13.6 Å². The molecule has 2 aromatic rings. The second-order valence-electron chi connectivity index (χ2n) is 7.84. The van der Waals surface area contributed by atoms with Crippen molar-refractivity contribution in [3.8, 4) is 0 Å². The molecule has 1 aliphatic heterocycles. The van der Waals surface area contributed by atoms with Crippen LogP contribution in [0.1, 0.15) is 48.2 Å². The molecule has 1 aliphatic carbocycles. The van der Waals surface area contributed by atoms with Gasteiger partial charge >= 0.3 is 0 Å². The first-order valence-electron chi connectivity index (χ1n) is 10.4. The maximum atomic E-state index is 13.8. The lowest BCUT2D eigenvalue weighted by atomic mass is 10.1. The summed E-state index contributed by atoms with van der Waals surface area (Å²) < 4.78 is 27.7. The van der Waals surface area contributed by atoms with Crippen molar-refractivity contribution in [3.05, 3.63) is 53.7 Å². The minimum atomic E-state index is -2.65. The van der Waals surface area contributed by atoms with Gasteiger partial charge in [0.1, 0.15) is 5.82 Å². The van der Waals surface area contributed by atoms with Crippen LogP contribution in [0.5, 0.6) is 0 Å². The van der Waals surface area contributed by atoms with Crippen LogP contribution in [0.4, 0.5) is 20.3 Å².